The van der Waals surface area contributed by atoms with E-state index in [9.17, 15) is 0 Å². The number of aromatic nitrogens is 1. The molecule has 3 heterocycles. The zero-order chi connectivity index (χ0) is 20.4. The van der Waals surface area contributed by atoms with Gasteiger partial charge in [0.1, 0.15) is 11.5 Å². The number of nitrogens with zero attached hydrogens (tertiary/aromatic N) is 3. The quantitative estimate of drug-likeness (QED) is 0.527. The molecule has 1 aliphatic rings. The molecule has 0 bridgehead atoms. The highest BCUT2D eigenvalue weighted by Gasteiger charge is 2.50. The summed E-state index contributed by atoms with van der Waals surface area (Å²) in [6.45, 7) is 7.08. The van der Waals surface area contributed by atoms with Gasteiger partial charge < -0.3 is 18.3 Å². The maximum Gasteiger partial charge on any atom is 0.150 e. The van der Waals surface area contributed by atoms with Crippen molar-refractivity contribution < 1.29 is 13.4 Å². The van der Waals surface area contributed by atoms with Crippen LogP contribution in [0.25, 0.3) is 0 Å². The SMILES string of the molecule is CN(C)Cc1cc(C[C@@H]2C[C@H](N(Cc3ccco3)Cc3ccco3)C2(C)C)no1. The summed E-state index contributed by atoms with van der Waals surface area (Å²) < 4.78 is 16.8. The molecule has 0 aromatic carbocycles. The molecule has 0 saturated heterocycles. The molecule has 3 aromatic rings. The molecule has 0 amide bonds. The fourth-order valence-electron chi connectivity index (χ4n) is 4.53. The Labute approximate surface area is 172 Å². The molecular formula is C23H31N3O3. The third-order valence-electron chi connectivity index (χ3n) is 6.27. The lowest BCUT2D eigenvalue weighted by Gasteiger charge is -2.56. The molecule has 156 valence electrons. The van der Waals surface area contributed by atoms with Crippen LogP contribution < -0.4 is 0 Å². The highest BCUT2D eigenvalue weighted by Crippen LogP contribution is 2.51. The first-order valence-electron chi connectivity index (χ1n) is 10.3. The topological polar surface area (TPSA) is 58.8 Å². The van der Waals surface area contributed by atoms with Gasteiger partial charge in [-0.2, -0.15) is 0 Å². The fraction of sp³-hybridized carbons (Fsp3) is 0.522. The van der Waals surface area contributed by atoms with Crippen molar-refractivity contribution in [1.82, 2.24) is 15.0 Å². The molecule has 1 fully saturated rings. The van der Waals surface area contributed by atoms with Gasteiger partial charge in [-0.3, -0.25) is 4.90 Å². The number of hydrogen-bond acceptors (Lipinski definition) is 6. The minimum absolute atomic E-state index is 0.167. The van der Waals surface area contributed by atoms with E-state index in [4.69, 9.17) is 13.4 Å². The predicted molar refractivity (Wildman–Crippen MR) is 110 cm³/mol. The van der Waals surface area contributed by atoms with Crippen LogP contribution in [0.3, 0.4) is 0 Å². The van der Waals surface area contributed by atoms with Crippen LogP contribution >= 0.6 is 0 Å². The lowest BCUT2D eigenvalue weighted by molar-refractivity contribution is -0.0751. The van der Waals surface area contributed by atoms with Gasteiger partial charge in [0.05, 0.1) is 37.9 Å². The van der Waals surface area contributed by atoms with Crippen LogP contribution in [0.4, 0.5) is 0 Å². The first-order valence-corrected chi connectivity index (χ1v) is 10.3. The molecule has 1 saturated carbocycles. The van der Waals surface area contributed by atoms with E-state index in [0.717, 1.165) is 55.5 Å². The van der Waals surface area contributed by atoms with E-state index in [1.807, 2.05) is 38.4 Å². The second-order valence-electron chi connectivity index (χ2n) is 9.06. The third-order valence-corrected chi connectivity index (χ3v) is 6.27. The van der Waals surface area contributed by atoms with Crippen LogP contribution in [0.2, 0.25) is 0 Å². The average molecular weight is 398 g/mol. The van der Waals surface area contributed by atoms with Gasteiger partial charge in [0.15, 0.2) is 5.76 Å². The lowest BCUT2D eigenvalue weighted by Crippen LogP contribution is -2.58. The smallest absolute Gasteiger partial charge is 0.150 e. The molecule has 0 spiro atoms. The van der Waals surface area contributed by atoms with E-state index in [1.165, 1.54) is 0 Å². The van der Waals surface area contributed by atoms with Crippen molar-refractivity contribution in [2.24, 2.45) is 11.3 Å². The number of rotatable bonds is 9. The Morgan fingerprint density at radius 3 is 2.17 bits per heavy atom. The maximum atomic E-state index is 5.63. The van der Waals surface area contributed by atoms with Crippen molar-refractivity contribution in [3.05, 3.63) is 65.8 Å². The number of hydrogen-bond donors (Lipinski definition) is 0. The van der Waals surface area contributed by atoms with E-state index < -0.39 is 0 Å². The summed E-state index contributed by atoms with van der Waals surface area (Å²) in [7, 11) is 4.07. The van der Waals surface area contributed by atoms with Crippen molar-refractivity contribution in [2.75, 3.05) is 14.1 Å². The van der Waals surface area contributed by atoms with Crippen LogP contribution in [-0.2, 0) is 26.1 Å². The van der Waals surface area contributed by atoms with Crippen LogP contribution in [0, 0.1) is 11.3 Å². The fourth-order valence-corrected chi connectivity index (χ4v) is 4.53. The second-order valence-corrected chi connectivity index (χ2v) is 9.06. The summed E-state index contributed by atoms with van der Waals surface area (Å²) in [5, 5.41) is 4.30. The summed E-state index contributed by atoms with van der Waals surface area (Å²) in [5.74, 6) is 3.47. The minimum atomic E-state index is 0.167. The minimum Gasteiger partial charge on any atom is -0.468 e. The predicted octanol–water partition coefficient (Wildman–Crippen LogP) is 4.58. The van der Waals surface area contributed by atoms with E-state index in [-0.39, 0.29) is 5.41 Å². The molecule has 0 aliphatic heterocycles. The largest absolute Gasteiger partial charge is 0.468 e. The summed E-state index contributed by atoms with van der Waals surface area (Å²) in [6.07, 6.45) is 5.57. The van der Waals surface area contributed by atoms with Crippen LogP contribution in [-0.4, -0.2) is 35.1 Å². The van der Waals surface area contributed by atoms with Gasteiger partial charge in [-0.15, -0.1) is 0 Å². The molecule has 0 unspecified atom stereocenters. The van der Waals surface area contributed by atoms with Crippen molar-refractivity contribution >= 4 is 0 Å². The van der Waals surface area contributed by atoms with Gasteiger partial charge in [0, 0.05) is 12.1 Å². The molecule has 0 radical (unpaired) electrons. The van der Waals surface area contributed by atoms with Gasteiger partial charge in [-0.1, -0.05) is 19.0 Å². The van der Waals surface area contributed by atoms with Gasteiger partial charge >= 0.3 is 0 Å². The van der Waals surface area contributed by atoms with Crippen LogP contribution in [0.1, 0.15) is 43.2 Å². The van der Waals surface area contributed by atoms with Crippen molar-refractivity contribution in [1.29, 1.82) is 0 Å². The highest BCUT2D eigenvalue weighted by molar-refractivity contribution is 5.13. The summed E-state index contributed by atoms with van der Waals surface area (Å²) >= 11 is 0. The molecule has 2 atom stereocenters. The molecule has 29 heavy (non-hydrogen) atoms. The summed E-state index contributed by atoms with van der Waals surface area (Å²) in [4.78, 5) is 4.57. The lowest BCUT2D eigenvalue weighted by atomic mass is 9.56. The second kappa shape index (κ2) is 8.20. The van der Waals surface area contributed by atoms with E-state index >= 15 is 0 Å². The standard InChI is InChI=1S/C23H31N3O3/c1-23(2)17(11-18-13-21(29-24-18)14-25(3)4)12-22(23)26(15-19-7-5-9-27-19)16-20-8-6-10-28-20/h5-10,13,17,22H,11-12,14-16H2,1-4H3/t17-,22+/m1/s1. The Balaban J connectivity index is 1.43. The molecule has 1 aliphatic carbocycles. The Kier molecular flexibility index (Phi) is 5.65. The molecule has 6 nitrogen and oxygen atoms in total. The van der Waals surface area contributed by atoms with E-state index in [0.29, 0.717) is 12.0 Å². The zero-order valence-electron chi connectivity index (χ0n) is 17.8. The van der Waals surface area contributed by atoms with Gasteiger partial charge in [-0.05, 0) is 62.5 Å². The molecule has 6 heteroatoms. The van der Waals surface area contributed by atoms with Gasteiger partial charge in [-0.25, -0.2) is 0 Å². The molecular weight excluding hydrogens is 366 g/mol. The maximum absolute atomic E-state index is 5.63. The monoisotopic (exact) mass is 397 g/mol. The normalized spacial score (nSPS) is 21.0. The summed E-state index contributed by atoms with van der Waals surface area (Å²) in [5.41, 5.74) is 1.22. The Hall–Kier alpha value is -2.31. The third kappa shape index (κ3) is 4.49. The van der Waals surface area contributed by atoms with Crippen molar-refractivity contribution in [2.45, 2.75) is 52.4 Å². The zero-order valence-corrected chi connectivity index (χ0v) is 17.8. The highest BCUT2D eigenvalue weighted by atomic mass is 16.5. The number of furan rings is 2. The first kappa shape index (κ1) is 20.0. The van der Waals surface area contributed by atoms with Crippen molar-refractivity contribution in [3.8, 4) is 0 Å². The summed E-state index contributed by atoms with van der Waals surface area (Å²) in [6, 6.07) is 10.5. The molecule has 3 aromatic heterocycles. The van der Waals surface area contributed by atoms with Crippen molar-refractivity contribution in [3.63, 3.8) is 0 Å². The molecule has 0 N–H and O–H groups in total. The average Bonchev–Trinajstić information content (AvgIpc) is 3.41. The van der Waals surface area contributed by atoms with Gasteiger partial charge in [0.2, 0.25) is 0 Å². The van der Waals surface area contributed by atoms with E-state index in [1.54, 1.807) is 12.5 Å². The van der Waals surface area contributed by atoms with Crippen LogP contribution in [0.5, 0.6) is 0 Å². The Morgan fingerprint density at radius 2 is 1.66 bits per heavy atom. The Morgan fingerprint density at radius 1 is 1.00 bits per heavy atom. The van der Waals surface area contributed by atoms with Gasteiger partial charge in [0.25, 0.3) is 0 Å². The van der Waals surface area contributed by atoms with Crippen LogP contribution in [0.15, 0.2) is 56.2 Å². The Bertz CT molecular complexity index is 844. The first-order chi connectivity index (χ1) is 13.9. The van der Waals surface area contributed by atoms with E-state index in [2.05, 4.69) is 34.9 Å². The molecule has 4 rings (SSSR count).